The molecule has 0 unspecified atom stereocenters. The Balaban J connectivity index is 1.84. The number of rotatable bonds is 4. The number of hydrogen-bond donors (Lipinski definition) is 0. The molecule has 0 aliphatic carbocycles. The highest BCUT2D eigenvalue weighted by atomic mass is 35.5. The molecule has 7 heteroatoms. The van der Waals surface area contributed by atoms with E-state index in [4.69, 9.17) is 16.3 Å². The largest absolute Gasteiger partial charge is 0.481 e. The number of hydrogen-bond acceptors (Lipinski definition) is 5. The van der Waals surface area contributed by atoms with Crippen molar-refractivity contribution in [1.82, 2.24) is 19.6 Å². The van der Waals surface area contributed by atoms with Crippen LogP contribution in [0.5, 0.6) is 5.88 Å². The highest BCUT2D eigenvalue weighted by Crippen LogP contribution is 2.22. The van der Waals surface area contributed by atoms with Gasteiger partial charge in [-0.05, 0) is 17.2 Å². The normalized spacial score (nSPS) is 10.9. The number of halogens is 1. The molecular formula is C13H11ClN4OS. The molecule has 0 aliphatic rings. The Morgan fingerprint density at radius 2 is 2.05 bits per heavy atom. The molecule has 102 valence electrons. The zero-order valence-corrected chi connectivity index (χ0v) is 12.2. The van der Waals surface area contributed by atoms with Crippen LogP contribution in [0.4, 0.5) is 0 Å². The minimum absolute atomic E-state index is 0.235. The molecule has 5 nitrogen and oxygen atoms in total. The first-order chi connectivity index (χ1) is 9.76. The summed E-state index contributed by atoms with van der Waals surface area (Å²) in [5.74, 6) is 1.23. The van der Waals surface area contributed by atoms with E-state index in [9.17, 15) is 0 Å². The lowest BCUT2D eigenvalue weighted by Gasteiger charge is -1.99. The van der Waals surface area contributed by atoms with E-state index >= 15 is 0 Å². The van der Waals surface area contributed by atoms with E-state index in [0.29, 0.717) is 16.7 Å². The number of thioether (sulfide) groups is 1. The molecule has 1 aromatic carbocycles. The fourth-order valence-corrected chi connectivity index (χ4v) is 2.70. The standard InChI is InChI=1S/C13H11ClN4OS/c1-19-11-7-10-15-13(17-18(10)12(14)16-11)20-8-9-5-3-2-4-6-9/h2-7H,8H2,1H3. The van der Waals surface area contributed by atoms with Crippen molar-refractivity contribution in [3.05, 3.63) is 47.2 Å². The first-order valence-corrected chi connectivity index (χ1v) is 7.26. The molecule has 2 heterocycles. The fourth-order valence-electron chi connectivity index (χ4n) is 1.70. The quantitative estimate of drug-likeness (QED) is 0.547. The van der Waals surface area contributed by atoms with Crippen LogP contribution in [-0.4, -0.2) is 26.7 Å². The lowest BCUT2D eigenvalue weighted by molar-refractivity contribution is 0.397. The van der Waals surface area contributed by atoms with Gasteiger partial charge in [-0.1, -0.05) is 42.1 Å². The van der Waals surface area contributed by atoms with Crippen molar-refractivity contribution in [2.45, 2.75) is 10.9 Å². The van der Waals surface area contributed by atoms with Crippen molar-refractivity contribution >= 4 is 29.0 Å². The summed E-state index contributed by atoms with van der Waals surface area (Å²) in [5.41, 5.74) is 1.84. The number of benzene rings is 1. The van der Waals surface area contributed by atoms with Gasteiger partial charge in [0.2, 0.25) is 16.3 Å². The third-order valence-electron chi connectivity index (χ3n) is 2.66. The summed E-state index contributed by atoms with van der Waals surface area (Å²) in [7, 11) is 1.54. The monoisotopic (exact) mass is 306 g/mol. The Labute approximate surface area is 125 Å². The molecule has 0 saturated carbocycles. The van der Waals surface area contributed by atoms with Crippen molar-refractivity contribution in [2.24, 2.45) is 0 Å². The van der Waals surface area contributed by atoms with E-state index < -0.39 is 0 Å². The Kier molecular flexibility index (Phi) is 3.75. The van der Waals surface area contributed by atoms with E-state index in [1.165, 1.54) is 17.2 Å². The number of fused-ring (bicyclic) bond motifs is 1. The van der Waals surface area contributed by atoms with Crippen LogP contribution in [0.3, 0.4) is 0 Å². The van der Waals surface area contributed by atoms with Crippen LogP contribution >= 0.6 is 23.4 Å². The molecule has 2 aromatic heterocycles. The molecule has 3 rings (SSSR count). The summed E-state index contributed by atoms with van der Waals surface area (Å²) in [6.45, 7) is 0. The second-order valence-electron chi connectivity index (χ2n) is 4.01. The van der Waals surface area contributed by atoms with Gasteiger partial charge in [-0.3, -0.25) is 0 Å². The zero-order valence-electron chi connectivity index (χ0n) is 10.7. The number of nitrogens with zero attached hydrogens (tertiary/aromatic N) is 4. The topological polar surface area (TPSA) is 52.3 Å². The van der Waals surface area contributed by atoms with Crippen molar-refractivity contribution in [3.63, 3.8) is 0 Å². The van der Waals surface area contributed by atoms with Crippen LogP contribution in [0.25, 0.3) is 5.65 Å². The van der Waals surface area contributed by atoms with E-state index in [1.54, 1.807) is 17.8 Å². The van der Waals surface area contributed by atoms with E-state index in [0.717, 1.165) is 5.75 Å². The number of methoxy groups -OCH3 is 1. The molecule has 3 aromatic rings. The summed E-state index contributed by atoms with van der Waals surface area (Å²) in [4.78, 5) is 8.45. The molecule has 0 N–H and O–H groups in total. The molecule has 20 heavy (non-hydrogen) atoms. The molecule has 0 atom stereocenters. The van der Waals surface area contributed by atoms with Gasteiger partial charge in [0.05, 0.1) is 7.11 Å². The van der Waals surface area contributed by atoms with Crippen LogP contribution < -0.4 is 4.74 Å². The summed E-state index contributed by atoms with van der Waals surface area (Å²) in [6, 6.07) is 11.9. The van der Waals surface area contributed by atoms with Crippen LogP contribution in [0.2, 0.25) is 5.28 Å². The van der Waals surface area contributed by atoms with Gasteiger partial charge in [0.15, 0.2) is 5.65 Å². The molecule has 0 saturated heterocycles. The Bertz CT molecular complexity index is 732. The minimum atomic E-state index is 0.235. The Hall–Kier alpha value is -1.79. The van der Waals surface area contributed by atoms with Crippen molar-refractivity contribution in [3.8, 4) is 5.88 Å². The van der Waals surface area contributed by atoms with Gasteiger partial charge in [0, 0.05) is 11.8 Å². The van der Waals surface area contributed by atoms with Gasteiger partial charge in [-0.15, -0.1) is 5.10 Å². The second kappa shape index (κ2) is 5.68. The highest BCUT2D eigenvalue weighted by molar-refractivity contribution is 7.98. The van der Waals surface area contributed by atoms with Crippen LogP contribution in [0.1, 0.15) is 5.56 Å². The molecule has 0 amide bonds. The van der Waals surface area contributed by atoms with Crippen molar-refractivity contribution in [2.75, 3.05) is 7.11 Å². The average Bonchev–Trinajstić information content (AvgIpc) is 2.89. The third-order valence-corrected chi connectivity index (χ3v) is 3.82. The van der Waals surface area contributed by atoms with Crippen LogP contribution in [-0.2, 0) is 5.75 Å². The van der Waals surface area contributed by atoms with E-state index in [2.05, 4.69) is 27.2 Å². The highest BCUT2D eigenvalue weighted by Gasteiger charge is 2.10. The molecule has 0 aliphatic heterocycles. The van der Waals surface area contributed by atoms with E-state index in [1.807, 2.05) is 18.2 Å². The van der Waals surface area contributed by atoms with Gasteiger partial charge >= 0.3 is 0 Å². The molecule has 0 fully saturated rings. The average molecular weight is 307 g/mol. The summed E-state index contributed by atoms with van der Waals surface area (Å²) in [6.07, 6.45) is 0. The Morgan fingerprint density at radius 3 is 2.80 bits per heavy atom. The summed E-state index contributed by atoms with van der Waals surface area (Å²) >= 11 is 7.58. The third kappa shape index (κ3) is 2.71. The fraction of sp³-hybridized carbons (Fsp3) is 0.154. The maximum atomic E-state index is 6.03. The maximum absolute atomic E-state index is 6.03. The van der Waals surface area contributed by atoms with Gasteiger partial charge in [0.1, 0.15) is 0 Å². The minimum Gasteiger partial charge on any atom is -0.481 e. The van der Waals surface area contributed by atoms with Crippen molar-refractivity contribution in [1.29, 1.82) is 0 Å². The zero-order chi connectivity index (χ0) is 13.9. The van der Waals surface area contributed by atoms with E-state index in [-0.39, 0.29) is 5.28 Å². The molecule has 0 spiro atoms. The Morgan fingerprint density at radius 1 is 1.25 bits per heavy atom. The lowest BCUT2D eigenvalue weighted by Crippen LogP contribution is -1.96. The van der Waals surface area contributed by atoms with Crippen LogP contribution in [0.15, 0.2) is 41.6 Å². The molecular weight excluding hydrogens is 296 g/mol. The summed E-state index contributed by atoms with van der Waals surface area (Å²) in [5, 5.41) is 5.21. The van der Waals surface area contributed by atoms with Crippen LogP contribution in [0, 0.1) is 0 Å². The summed E-state index contributed by atoms with van der Waals surface area (Å²) < 4.78 is 6.56. The molecule has 0 radical (unpaired) electrons. The first-order valence-electron chi connectivity index (χ1n) is 5.90. The maximum Gasteiger partial charge on any atom is 0.228 e. The predicted molar refractivity (Wildman–Crippen MR) is 78.3 cm³/mol. The predicted octanol–water partition coefficient (Wildman–Crippen LogP) is 3.08. The van der Waals surface area contributed by atoms with Gasteiger partial charge in [-0.2, -0.15) is 9.50 Å². The lowest BCUT2D eigenvalue weighted by atomic mass is 10.2. The van der Waals surface area contributed by atoms with Gasteiger partial charge in [-0.25, -0.2) is 4.98 Å². The number of ether oxygens (including phenoxy) is 1. The van der Waals surface area contributed by atoms with Gasteiger partial charge < -0.3 is 4.74 Å². The number of aromatic nitrogens is 4. The SMILES string of the molecule is COc1cc2nc(SCc3ccccc3)nn2c(Cl)n1. The van der Waals surface area contributed by atoms with Crippen molar-refractivity contribution < 1.29 is 4.74 Å². The first kappa shape index (κ1) is 13.2. The van der Waals surface area contributed by atoms with Gasteiger partial charge in [0.25, 0.3) is 0 Å². The second-order valence-corrected chi connectivity index (χ2v) is 5.29. The smallest absolute Gasteiger partial charge is 0.228 e. The molecule has 0 bridgehead atoms.